The van der Waals surface area contributed by atoms with E-state index in [0.717, 1.165) is 0 Å². The van der Waals surface area contributed by atoms with Gasteiger partial charge in [-0.25, -0.2) is 14.8 Å². The molecule has 15 heavy (non-hydrogen) atoms. The fourth-order valence-corrected chi connectivity index (χ4v) is 1.36. The van der Waals surface area contributed by atoms with Crippen LogP contribution in [0.5, 0.6) is 0 Å². The van der Waals surface area contributed by atoms with E-state index >= 15 is 0 Å². The first-order valence-corrected chi connectivity index (χ1v) is 4.45. The van der Waals surface area contributed by atoms with Crippen LogP contribution in [0, 0.1) is 0 Å². The van der Waals surface area contributed by atoms with Crippen molar-refractivity contribution in [2.24, 2.45) is 0 Å². The van der Waals surface area contributed by atoms with E-state index in [1.807, 2.05) is 0 Å². The number of hydrogen-bond donors (Lipinski definition) is 0. The molecule has 2 rings (SSSR count). The quantitative estimate of drug-likeness (QED) is 0.541. The Balaban J connectivity index is 2.67. The topological polar surface area (TPSA) is 65.0 Å². The summed E-state index contributed by atoms with van der Waals surface area (Å²) >= 11 is 5.88. The maximum absolute atomic E-state index is 11.2. The lowest BCUT2D eigenvalue weighted by Crippen LogP contribution is -2.07. The highest BCUT2D eigenvalue weighted by Gasteiger charge is 2.12. The van der Waals surface area contributed by atoms with Gasteiger partial charge >= 0.3 is 5.97 Å². The molecule has 0 saturated carbocycles. The first-order chi connectivity index (χ1) is 7.22. The first-order valence-electron chi connectivity index (χ1n) is 4.08. The van der Waals surface area contributed by atoms with Gasteiger partial charge in [-0.05, 0) is 6.07 Å². The van der Waals surface area contributed by atoms with Gasteiger partial charge in [0.1, 0.15) is 5.15 Å². The standard InChI is InChI=1S/C9H6ClN3O2/c1-15-9(14)8-12-6-4-11-3-2-5(6)7(10)13-8/h2-4H,1H3. The largest absolute Gasteiger partial charge is 0.463 e. The molecule has 0 bridgehead atoms. The molecule has 0 aromatic carbocycles. The van der Waals surface area contributed by atoms with E-state index in [1.165, 1.54) is 13.3 Å². The molecular weight excluding hydrogens is 218 g/mol. The molecule has 0 aliphatic rings. The number of nitrogens with zero attached hydrogens (tertiary/aromatic N) is 3. The van der Waals surface area contributed by atoms with Crippen LogP contribution in [0.4, 0.5) is 0 Å². The van der Waals surface area contributed by atoms with Crippen molar-refractivity contribution in [2.45, 2.75) is 0 Å². The van der Waals surface area contributed by atoms with E-state index in [9.17, 15) is 4.79 Å². The molecule has 0 aliphatic carbocycles. The summed E-state index contributed by atoms with van der Waals surface area (Å²) in [5.41, 5.74) is 0.512. The van der Waals surface area contributed by atoms with Gasteiger partial charge in [0.2, 0.25) is 5.82 Å². The summed E-state index contributed by atoms with van der Waals surface area (Å²) in [6, 6.07) is 1.68. The molecule has 5 nitrogen and oxygen atoms in total. The van der Waals surface area contributed by atoms with Gasteiger partial charge in [-0.1, -0.05) is 11.6 Å². The molecule has 0 radical (unpaired) electrons. The van der Waals surface area contributed by atoms with Gasteiger partial charge < -0.3 is 4.74 Å². The van der Waals surface area contributed by atoms with Crippen LogP contribution in [0.25, 0.3) is 10.9 Å². The number of carbonyl (C=O) groups is 1. The maximum Gasteiger partial charge on any atom is 0.376 e. The molecule has 0 saturated heterocycles. The Labute approximate surface area is 90.1 Å². The molecule has 0 N–H and O–H groups in total. The monoisotopic (exact) mass is 223 g/mol. The van der Waals surface area contributed by atoms with Gasteiger partial charge in [-0.15, -0.1) is 0 Å². The normalized spacial score (nSPS) is 10.3. The molecule has 0 unspecified atom stereocenters. The molecule has 2 heterocycles. The van der Waals surface area contributed by atoms with Gasteiger partial charge in [0.15, 0.2) is 0 Å². The average molecular weight is 224 g/mol. The number of fused-ring (bicyclic) bond motifs is 1. The Morgan fingerprint density at radius 2 is 2.27 bits per heavy atom. The first kappa shape index (κ1) is 9.79. The van der Waals surface area contributed by atoms with Crippen LogP contribution in [0.15, 0.2) is 18.5 Å². The molecule has 76 valence electrons. The smallest absolute Gasteiger partial charge is 0.376 e. The van der Waals surface area contributed by atoms with Crippen LogP contribution in [0.2, 0.25) is 5.15 Å². The van der Waals surface area contributed by atoms with Crippen molar-refractivity contribution in [3.05, 3.63) is 29.4 Å². The van der Waals surface area contributed by atoms with Gasteiger partial charge in [0.05, 0.1) is 18.8 Å². The van der Waals surface area contributed by atoms with Crippen LogP contribution >= 0.6 is 11.6 Å². The second-order valence-electron chi connectivity index (χ2n) is 2.72. The molecule has 6 heteroatoms. The van der Waals surface area contributed by atoms with Crippen LogP contribution in [-0.2, 0) is 4.74 Å². The summed E-state index contributed by atoms with van der Waals surface area (Å²) < 4.78 is 4.50. The van der Waals surface area contributed by atoms with E-state index in [2.05, 4.69) is 19.7 Å². The Morgan fingerprint density at radius 3 is 3.00 bits per heavy atom. The zero-order valence-electron chi connectivity index (χ0n) is 7.77. The number of aromatic nitrogens is 3. The molecule has 0 fully saturated rings. The predicted molar refractivity (Wildman–Crippen MR) is 53.7 cm³/mol. The number of halogens is 1. The van der Waals surface area contributed by atoms with Crippen LogP contribution in [0.3, 0.4) is 0 Å². The minimum atomic E-state index is -0.623. The van der Waals surface area contributed by atoms with Crippen molar-refractivity contribution in [2.75, 3.05) is 7.11 Å². The summed E-state index contributed by atoms with van der Waals surface area (Å²) in [4.78, 5) is 22.9. The maximum atomic E-state index is 11.2. The molecule has 0 atom stereocenters. The van der Waals surface area contributed by atoms with Gasteiger partial charge in [0.25, 0.3) is 0 Å². The highest BCUT2D eigenvalue weighted by molar-refractivity contribution is 6.34. The van der Waals surface area contributed by atoms with Crippen molar-refractivity contribution in [1.82, 2.24) is 15.0 Å². The summed E-state index contributed by atoms with van der Waals surface area (Å²) in [7, 11) is 1.26. The third kappa shape index (κ3) is 1.73. The molecule has 0 aliphatic heterocycles. The minimum Gasteiger partial charge on any atom is -0.463 e. The van der Waals surface area contributed by atoms with Crippen molar-refractivity contribution < 1.29 is 9.53 Å². The fourth-order valence-electron chi connectivity index (χ4n) is 1.12. The van der Waals surface area contributed by atoms with E-state index in [1.54, 1.807) is 12.3 Å². The number of carbonyl (C=O) groups excluding carboxylic acids is 1. The van der Waals surface area contributed by atoms with Crippen LogP contribution in [0.1, 0.15) is 10.6 Å². The Hall–Kier alpha value is -1.75. The van der Waals surface area contributed by atoms with Gasteiger partial charge in [-0.2, -0.15) is 0 Å². The second kappa shape index (κ2) is 3.78. The van der Waals surface area contributed by atoms with E-state index in [0.29, 0.717) is 10.9 Å². The van der Waals surface area contributed by atoms with Crippen LogP contribution in [-0.4, -0.2) is 28.0 Å². The molecule has 0 spiro atoms. The summed E-state index contributed by atoms with van der Waals surface area (Å²) in [6.07, 6.45) is 3.09. The highest BCUT2D eigenvalue weighted by Crippen LogP contribution is 2.18. The van der Waals surface area contributed by atoms with Crippen molar-refractivity contribution in [1.29, 1.82) is 0 Å². The molecule has 2 aromatic rings. The Bertz CT molecular complexity index is 530. The number of esters is 1. The number of ether oxygens (including phenoxy) is 1. The second-order valence-corrected chi connectivity index (χ2v) is 3.08. The van der Waals surface area contributed by atoms with E-state index in [-0.39, 0.29) is 11.0 Å². The number of hydrogen-bond acceptors (Lipinski definition) is 5. The number of methoxy groups -OCH3 is 1. The van der Waals surface area contributed by atoms with E-state index in [4.69, 9.17) is 11.6 Å². The van der Waals surface area contributed by atoms with Gasteiger partial charge in [-0.3, -0.25) is 4.98 Å². The zero-order valence-corrected chi connectivity index (χ0v) is 8.52. The summed E-state index contributed by atoms with van der Waals surface area (Å²) in [5, 5.41) is 0.863. The SMILES string of the molecule is COC(=O)c1nc(Cl)c2ccncc2n1. The lowest BCUT2D eigenvalue weighted by molar-refractivity contribution is 0.0587. The zero-order chi connectivity index (χ0) is 10.8. The van der Waals surface area contributed by atoms with Gasteiger partial charge in [0, 0.05) is 11.6 Å². The molecule has 0 amide bonds. The Kier molecular flexibility index (Phi) is 2.47. The highest BCUT2D eigenvalue weighted by atomic mass is 35.5. The third-order valence-corrected chi connectivity index (χ3v) is 2.11. The number of rotatable bonds is 1. The molecule has 2 aromatic heterocycles. The Morgan fingerprint density at radius 1 is 1.47 bits per heavy atom. The lowest BCUT2D eigenvalue weighted by atomic mass is 10.3. The number of pyridine rings is 1. The third-order valence-electron chi connectivity index (χ3n) is 1.82. The van der Waals surface area contributed by atoms with Crippen molar-refractivity contribution >= 4 is 28.5 Å². The predicted octanol–water partition coefficient (Wildman–Crippen LogP) is 1.46. The van der Waals surface area contributed by atoms with E-state index < -0.39 is 5.97 Å². The fraction of sp³-hybridized carbons (Fsp3) is 0.111. The molecular formula is C9H6ClN3O2. The summed E-state index contributed by atoms with van der Waals surface area (Å²) in [6.45, 7) is 0. The minimum absolute atomic E-state index is 0.0667. The van der Waals surface area contributed by atoms with Crippen molar-refractivity contribution in [3.63, 3.8) is 0 Å². The van der Waals surface area contributed by atoms with Crippen molar-refractivity contribution in [3.8, 4) is 0 Å². The average Bonchev–Trinajstić information content (AvgIpc) is 2.28. The van der Waals surface area contributed by atoms with Crippen LogP contribution < -0.4 is 0 Å². The summed E-state index contributed by atoms with van der Waals surface area (Å²) in [5.74, 6) is -0.689. The lowest BCUT2D eigenvalue weighted by Gasteiger charge is -2.01.